The fraction of sp³-hybridized carbons (Fsp3) is 0.462. The van der Waals surface area contributed by atoms with Gasteiger partial charge in [0.1, 0.15) is 23.5 Å². The Morgan fingerprint density at radius 3 is 2.78 bits per heavy atom. The fourth-order valence-electron chi connectivity index (χ4n) is 2.20. The van der Waals surface area contributed by atoms with E-state index >= 15 is 0 Å². The first-order chi connectivity index (χ1) is 8.32. The summed E-state index contributed by atoms with van der Waals surface area (Å²) in [5.41, 5.74) is 6.51. The van der Waals surface area contributed by atoms with E-state index in [9.17, 15) is 9.90 Å². The summed E-state index contributed by atoms with van der Waals surface area (Å²) in [6.07, 6.45) is -0.545. The minimum Gasteiger partial charge on any atom is -0.487 e. The molecule has 2 rings (SSSR count). The Balaban J connectivity index is 2.38. The molecule has 4 N–H and O–H groups in total. The van der Waals surface area contributed by atoms with E-state index in [2.05, 4.69) is 0 Å². The Morgan fingerprint density at radius 1 is 1.50 bits per heavy atom. The number of hydrogen-bond acceptors (Lipinski definition) is 4. The predicted molar refractivity (Wildman–Crippen MR) is 65.4 cm³/mol. The van der Waals surface area contributed by atoms with Crippen molar-refractivity contribution in [3.63, 3.8) is 0 Å². The first kappa shape index (κ1) is 12.9. The number of carboxylic acid groups (broad SMARTS) is 1. The van der Waals surface area contributed by atoms with Crippen molar-refractivity contribution in [3.8, 4) is 5.75 Å². The Kier molecular flexibility index (Phi) is 3.04. The van der Waals surface area contributed by atoms with Gasteiger partial charge in [0, 0.05) is 12.0 Å². The van der Waals surface area contributed by atoms with Gasteiger partial charge in [-0.15, -0.1) is 0 Å². The van der Waals surface area contributed by atoms with Crippen molar-refractivity contribution in [2.45, 2.75) is 38.0 Å². The average molecular weight is 251 g/mol. The van der Waals surface area contributed by atoms with Crippen LogP contribution < -0.4 is 10.5 Å². The Morgan fingerprint density at radius 2 is 2.17 bits per heavy atom. The van der Waals surface area contributed by atoms with Crippen molar-refractivity contribution < 1.29 is 19.7 Å². The van der Waals surface area contributed by atoms with Crippen LogP contribution in [0.15, 0.2) is 18.2 Å². The maximum atomic E-state index is 10.8. The second-order valence-corrected chi connectivity index (χ2v) is 5.18. The molecule has 5 heteroatoms. The first-order valence-corrected chi connectivity index (χ1v) is 5.79. The number of benzene rings is 1. The van der Waals surface area contributed by atoms with Gasteiger partial charge in [0.05, 0.1) is 0 Å². The molecule has 0 spiro atoms. The van der Waals surface area contributed by atoms with Crippen molar-refractivity contribution in [1.29, 1.82) is 0 Å². The number of nitrogens with two attached hydrogens (primary N) is 1. The Hall–Kier alpha value is -1.59. The second-order valence-electron chi connectivity index (χ2n) is 5.18. The van der Waals surface area contributed by atoms with Crippen LogP contribution in [-0.2, 0) is 11.2 Å². The van der Waals surface area contributed by atoms with Gasteiger partial charge in [-0.2, -0.15) is 0 Å². The minimum atomic E-state index is -1.36. The standard InChI is InChI=1S/C13H17NO4/c1-13(2)6-7-4-3-5-8(11(7)18-13)10(15)9(14)12(16)17/h3-5,9-10,15H,6,14H2,1-2H3,(H,16,17). The third-order valence-electron chi connectivity index (χ3n) is 3.07. The second kappa shape index (κ2) is 4.26. The predicted octanol–water partition coefficient (Wildman–Crippen LogP) is 0.845. The van der Waals surface area contributed by atoms with Crippen molar-refractivity contribution >= 4 is 5.97 Å². The van der Waals surface area contributed by atoms with Crippen LogP contribution in [0, 0.1) is 0 Å². The lowest BCUT2D eigenvalue weighted by Gasteiger charge is -2.21. The highest BCUT2D eigenvalue weighted by atomic mass is 16.5. The molecule has 0 bridgehead atoms. The first-order valence-electron chi connectivity index (χ1n) is 5.79. The molecular weight excluding hydrogens is 234 g/mol. The molecule has 1 aromatic carbocycles. The van der Waals surface area contributed by atoms with Crippen LogP contribution in [-0.4, -0.2) is 27.8 Å². The van der Waals surface area contributed by atoms with Gasteiger partial charge in [0.25, 0.3) is 0 Å². The molecule has 2 atom stereocenters. The Labute approximate surface area is 105 Å². The van der Waals surface area contributed by atoms with Crippen LogP contribution in [0.4, 0.5) is 0 Å². The zero-order chi connectivity index (χ0) is 13.5. The highest BCUT2D eigenvalue weighted by Gasteiger charge is 2.35. The molecule has 0 radical (unpaired) electrons. The third-order valence-corrected chi connectivity index (χ3v) is 3.07. The average Bonchev–Trinajstić information content (AvgIpc) is 2.60. The van der Waals surface area contributed by atoms with Gasteiger partial charge in [0.15, 0.2) is 0 Å². The summed E-state index contributed by atoms with van der Waals surface area (Å²) in [6.45, 7) is 3.89. The number of carboxylic acids is 1. The summed E-state index contributed by atoms with van der Waals surface area (Å²) in [4.78, 5) is 10.8. The highest BCUT2D eigenvalue weighted by molar-refractivity contribution is 5.74. The van der Waals surface area contributed by atoms with Gasteiger partial charge in [-0.3, -0.25) is 4.79 Å². The van der Waals surface area contributed by atoms with Crippen LogP contribution >= 0.6 is 0 Å². The van der Waals surface area contributed by atoms with E-state index in [1.54, 1.807) is 12.1 Å². The van der Waals surface area contributed by atoms with Crippen molar-refractivity contribution in [3.05, 3.63) is 29.3 Å². The summed E-state index contributed by atoms with van der Waals surface area (Å²) in [7, 11) is 0. The largest absolute Gasteiger partial charge is 0.487 e. The SMILES string of the molecule is CC1(C)Cc2cccc(C(O)C(N)C(=O)O)c2O1. The number of aliphatic carboxylic acids is 1. The van der Waals surface area contributed by atoms with Crippen LogP contribution in [0.3, 0.4) is 0 Å². The van der Waals surface area contributed by atoms with E-state index in [0.717, 1.165) is 12.0 Å². The van der Waals surface area contributed by atoms with Crippen LogP contribution in [0.1, 0.15) is 31.1 Å². The molecule has 0 amide bonds. The van der Waals surface area contributed by atoms with Crippen molar-refractivity contribution in [1.82, 2.24) is 0 Å². The van der Waals surface area contributed by atoms with Gasteiger partial charge in [-0.1, -0.05) is 18.2 Å². The van der Waals surface area contributed by atoms with Crippen molar-refractivity contribution in [2.75, 3.05) is 0 Å². The molecule has 5 nitrogen and oxygen atoms in total. The molecule has 0 saturated carbocycles. The maximum absolute atomic E-state index is 10.8. The lowest BCUT2D eigenvalue weighted by atomic mass is 9.97. The zero-order valence-corrected chi connectivity index (χ0v) is 10.4. The van der Waals surface area contributed by atoms with E-state index in [-0.39, 0.29) is 5.60 Å². The number of rotatable bonds is 3. The smallest absolute Gasteiger partial charge is 0.323 e. The molecule has 1 aliphatic heterocycles. The number of aliphatic hydroxyl groups excluding tert-OH is 1. The molecule has 18 heavy (non-hydrogen) atoms. The number of hydrogen-bond donors (Lipinski definition) is 3. The molecule has 0 aliphatic carbocycles. The normalized spacial score (nSPS) is 19.8. The summed E-state index contributed by atoms with van der Waals surface area (Å²) in [5, 5.41) is 18.8. The van der Waals surface area contributed by atoms with E-state index in [1.807, 2.05) is 19.9 Å². The molecule has 0 fully saturated rings. The summed E-state index contributed by atoms with van der Waals surface area (Å²) in [6, 6.07) is 3.97. The zero-order valence-electron chi connectivity index (χ0n) is 10.4. The third kappa shape index (κ3) is 2.19. The number of carbonyl (C=O) groups is 1. The van der Waals surface area contributed by atoms with Gasteiger partial charge < -0.3 is 20.7 Å². The van der Waals surface area contributed by atoms with E-state index < -0.39 is 18.1 Å². The number of fused-ring (bicyclic) bond motifs is 1. The van der Waals surface area contributed by atoms with E-state index in [0.29, 0.717) is 11.3 Å². The maximum Gasteiger partial charge on any atom is 0.323 e. The molecule has 98 valence electrons. The molecule has 1 aromatic rings. The molecular formula is C13H17NO4. The number of para-hydroxylation sites is 1. The highest BCUT2D eigenvalue weighted by Crippen LogP contribution is 2.40. The van der Waals surface area contributed by atoms with Gasteiger partial charge in [-0.05, 0) is 19.4 Å². The monoisotopic (exact) mass is 251 g/mol. The summed E-state index contributed by atoms with van der Waals surface area (Å²) < 4.78 is 5.77. The van der Waals surface area contributed by atoms with E-state index in [1.165, 1.54) is 0 Å². The quantitative estimate of drug-likeness (QED) is 0.740. The van der Waals surface area contributed by atoms with Gasteiger partial charge in [-0.25, -0.2) is 0 Å². The Bertz CT molecular complexity index is 484. The van der Waals surface area contributed by atoms with E-state index in [4.69, 9.17) is 15.6 Å². The molecule has 0 saturated heterocycles. The number of aliphatic hydroxyl groups is 1. The van der Waals surface area contributed by atoms with Crippen molar-refractivity contribution in [2.24, 2.45) is 5.73 Å². The molecule has 1 aliphatic rings. The van der Waals surface area contributed by atoms with Crippen LogP contribution in [0.25, 0.3) is 0 Å². The van der Waals surface area contributed by atoms with Crippen LogP contribution in [0.2, 0.25) is 0 Å². The molecule has 1 heterocycles. The summed E-state index contributed by atoms with van der Waals surface area (Å²) in [5.74, 6) is -0.677. The van der Waals surface area contributed by atoms with Gasteiger partial charge in [0.2, 0.25) is 0 Å². The molecule has 0 aromatic heterocycles. The summed E-state index contributed by atoms with van der Waals surface area (Å²) >= 11 is 0. The lowest BCUT2D eigenvalue weighted by Crippen LogP contribution is -2.36. The molecule has 2 unspecified atom stereocenters. The van der Waals surface area contributed by atoms with Gasteiger partial charge >= 0.3 is 5.97 Å². The number of ether oxygens (including phenoxy) is 1. The fourth-order valence-corrected chi connectivity index (χ4v) is 2.20. The van der Waals surface area contributed by atoms with Crippen LogP contribution in [0.5, 0.6) is 5.75 Å². The topological polar surface area (TPSA) is 92.8 Å². The minimum absolute atomic E-state index is 0.342. The lowest BCUT2D eigenvalue weighted by molar-refractivity contribution is -0.141.